The molecule has 1 N–H and O–H groups in total. The van der Waals surface area contributed by atoms with Crippen LogP contribution in [0.4, 0.5) is 0 Å². The van der Waals surface area contributed by atoms with E-state index in [1.165, 1.54) is 0 Å². The Morgan fingerprint density at radius 1 is 1.24 bits per heavy atom. The molecule has 2 aliphatic heterocycles. The highest BCUT2D eigenvalue weighted by atomic mass is 16.5. The first-order valence-electron chi connectivity index (χ1n) is 9.06. The SMILES string of the molecule is CCN1CCN(C(=O)c2cccc(C(=O)NCC3CCCO3)n2)CC1. The van der Waals surface area contributed by atoms with E-state index in [0.29, 0.717) is 25.3 Å². The molecule has 136 valence electrons. The number of pyridine rings is 1. The summed E-state index contributed by atoms with van der Waals surface area (Å²) in [5.74, 6) is -0.370. The molecule has 2 saturated heterocycles. The van der Waals surface area contributed by atoms with Crippen molar-refractivity contribution in [3.63, 3.8) is 0 Å². The molecule has 1 unspecified atom stereocenters. The average molecular weight is 346 g/mol. The Labute approximate surface area is 148 Å². The van der Waals surface area contributed by atoms with Gasteiger partial charge in [0.15, 0.2) is 0 Å². The summed E-state index contributed by atoms with van der Waals surface area (Å²) in [7, 11) is 0. The van der Waals surface area contributed by atoms with E-state index in [1.54, 1.807) is 18.2 Å². The zero-order chi connectivity index (χ0) is 17.6. The summed E-state index contributed by atoms with van der Waals surface area (Å²) in [5, 5.41) is 2.84. The lowest BCUT2D eigenvalue weighted by molar-refractivity contribution is 0.0637. The van der Waals surface area contributed by atoms with E-state index >= 15 is 0 Å². The van der Waals surface area contributed by atoms with Gasteiger partial charge in [-0.15, -0.1) is 0 Å². The molecular formula is C18H26N4O3. The number of piperazine rings is 1. The molecule has 0 radical (unpaired) electrons. The van der Waals surface area contributed by atoms with Gasteiger partial charge in [0.1, 0.15) is 11.4 Å². The van der Waals surface area contributed by atoms with Gasteiger partial charge in [-0.05, 0) is 31.5 Å². The summed E-state index contributed by atoms with van der Waals surface area (Å²) in [6, 6.07) is 5.02. The van der Waals surface area contributed by atoms with Crippen molar-refractivity contribution in [1.82, 2.24) is 20.1 Å². The third kappa shape index (κ3) is 4.55. The second kappa shape index (κ2) is 8.40. The van der Waals surface area contributed by atoms with Crippen LogP contribution in [0.15, 0.2) is 18.2 Å². The van der Waals surface area contributed by atoms with Crippen molar-refractivity contribution in [2.75, 3.05) is 45.9 Å². The zero-order valence-electron chi connectivity index (χ0n) is 14.7. The average Bonchev–Trinajstić information content (AvgIpc) is 3.19. The van der Waals surface area contributed by atoms with Gasteiger partial charge in [0.2, 0.25) is 0 Å². The Hall–Kier alpha value is -1.99. The standard InChI is InChI=1S/C18H26N4O3/c1-2-21-8-10-22(11-9-21)18(24)16-7-3-6-15(20-16)17(23)19-13-14-5-4-12-25-14/h3,6-7,14H,2,4-5,8-13H2,1H3,(H,19,23). The number of nitrogens with one attached hydrogen (secondary N) is 1. The van der Waals surface area contributed by atoms with Gasteiger partial charge in [0.05, 0.1) is 6.10 Å². The van der Waals surface area contributed by atoms with Crippen LogP contribution in [0.3, 0.4) is 0 Å². The number of likely N-dealkylation sites (N-methyl/N-ethyl adjacent to an activating group) is 1. The minimum atomic E-state index is -0.263. The summed E-state index contributed by atoms with van der Waals surface area (Å²) < 4.78 is 5.50. The molecule has 25 heavy (non-hydrogen) atoms. The smallest absolute Gasteiger partial charge is 0.272 e. The van der Waals surface area contributed by atoms with Gasteiger partial charge in [-0.2, -0.15) is 0 Å². The van der Waals surface area contributed by atoms with E-state index < -0.39 is 0 Å². The summed E-state index contributed by atoms with van der Waals surface area (Å²) >= 11 is 0. The molecule has 3 rings (SSSR count). The summed E-state index contributed by atoms with van der Waals surface area (Å²) in [4.78, 5) is 33.3. The lowest BCUT2D eigenvalue weighted by Crippen LogP contribution is -2.48. The minimum absolute atomic E-state index is 0.0867. The molecule has 3 heterocycles. The predicted octanol–water partition coefficient (Wildman–Crippen LogP) is 0.768. The molecule has 2 fully saturated rings. The summed E-state index contributed by atoms with van der Waals surface area (Å²) in [5.41, 5.74) is 0.603. The van der Waals surface area contributed by atoms with Crippen LogP contribution in [0.2, 0.25) is 0 Å². The number of rotatable bonds is 5. The largest absolute Gasteiger partial charge is 0.376 e. The number of carbonyl (C=O) groups is 2. The molecule has 1 aromatic rings. The van der Waals surface area contributed by atoms with Crippen LogP contribution in [0.5, 0.6) is 0 Å². The molecule has 1 atom stereocenters. The monoisotopic (exact) mass is 346 g/mol. The first-order chi connectivity index (χ1) is 12.2. The second-order valence-corrected chi connectivity index (χ2v) is 6.48. The molecule has 0 spiro atoms. The van der Waals surface area contributed by atoms with Crippen molar-refractivity contribution in [3.05, 3.63) is 29.6 Å². The Balaban J connectivity index is 1.58. The van der Waals surface area contributed by atoms with Gasteiger partial charge in [-0.3, -0.25) is 9.59 Å². The number of ether oxygens (including phenoxy) is 1. The first-order valence-corrected chi connectivity index (χ1v) is 9.06. The number of carbonyl (C=O) groups excluding carboxylic acids is 2. The third-order valence-electron chi connectivity index (χ3n) is 4.82. The number of hydrogen-bond acceptors (Lipinski definition) is 5. The lowest BCUT2D eigenvalue weighted by Gasteiger charge is -2.33. The fraction of sp³-hybridized carbons (Fsp3) is 0.611. The van der Waals surface area contributed by atoms with Gasteiger partial charge in [-0.1, -0.05) is 13.0 Å². The first kappa shape index (κ1) is 17.8. The van der Waals surface area contributed by atoms with Gasteiger partial charge in [0.25, 0.3) is 11.8 Å². The minimum Gasteiger partial charge on any atom is -0.376 e. The number of nitrogens with zero attached hydrogens (tertiary/aromatic N) is 3. The van der Waals surface area contributed by atoms with Gasteiger partial charge < -0.3 is 19.9 Å². The van der Waals surface area contributed by atoms with Crippen LogP contribution in [0, 0.1) is 0 Å². The molecule has 7 heteroatoms. The van der Waals surface area contributed by atoms with E-state index in [-0.39, 0.29) is 23.6 Å². The fourth-order valence-electron chi connectivity index (χ4n) is 3.21. The van der Waals surface area contributed by atoms with Crippen molar-refractivity contribution >= 4 is 11.8 Å². The van der Waals surface area contributed by atoms with Crippen LogP contribution in [-0.2, 0) is 4.74 Å². The molecule has 2 amide bonds. The number of amides is 2. The summed E-state index contributed by atoms with van der Waals surface area (Å²) in [6.45, 7) is 7.52. The molecule has 0 aliphatic carbocycles. The third-order valence-corrected chi connectivity index (χ3v) is 4.82. The van der Waals surface area contributed by atoms with Crippen LogP contribution < -0.4 is 5.32 Å². The molecule has 1 aromatic heterocycles. The molecule has 0 saturated carbocycles. The summed E-state index contributed by atoms with van der Waals surface area (Å²) in [6.07, 6.45) is 2.09. The topological polar surface area (TPSA) is 74.8 Å². The van der Waals surface area contributed by atoms with Crippen LogP contribution in [0.1, 0.15) is 40.7 Å². The fourth-order valence-corrected chi connectivity index (χ4v) is 3.21. The van der Waals surface area contributed by atoms with E-state index in [9.17, 15) is 9.59 Å². The molecule has 0 bridgehead atoms. The maximum absolute atomic E-state index is 12.6. The maximum Gasteiger partial charge on any atom is 0.272 e. The van der Waals surface area contributed by atoms with Crippen molar-refractivity contribution in [3.8, 4) is 0 Å². The van der Waals surface area contributed by atoms with E-state index in [1.807, 2.05) is 4.90 Å². The molecule has 0 aromatic carbocycles. The Kier molecular flexibility index (Phi) is 5.99. The highest BCUT2D eigenvalue weighted by Crippen LogP contribution is 2.11. The van der Waals surface area contributed by atoms with Gasteiger partial charge in [-0.25, -0.2) is 4.98 Å². The van der Waals surface area contributed by atoms with Gasteiger partial charge >= 0.3 is 0 Å². The Morgan fingerprint density at radius 2 is 2.00 bits per heavy atom. The normalized spacial score (nSPS) is 21.3. The van der Waals surface area contributed by atoms with Crippen LogP contribution in [0.25, 0.3) is 0 Å². The van der Waals surface area contributed by atoms with E-state index in [0.717, 1.165) is 39.1 Å². The Bertz CT molecular complexity index is 608. The highest BCUT2D eigenvalue weighted by Gasteiger charge is 2.23. The quantitative estimate of drug-likeness (QED) is 0.852. The molecular weight excluding hydrogens is 320 g/mol. The Morgan fingerprint density at radius 3 is 2.68 bits per heavy atom. The van der Waals surface area contributed by atoms with Crippen LogP contribution in [-0.4, -0.2) is 78.6 Å². The van der Waals surface area contributed by atoms with E-state index in [2.05, 4.69) is 22.1 Å². The highest BCUT2D eigenvalue weighted by molar-refractivity contribution is 5.96. The predicted molar refractivity (Wildman–Crippen MR) is 93.6 cm³/mol. The number of aromatic nitrogens is 1. The van der Waals surface area contributed by atoms with Gasteiger partial charge in [0, 0.05) is 39.3 Å². The van der Waals surface area contributed by atoms with Crippen molar-refractivity contribution in [2.24, 2.45) is 0 Å². The second-order valence-electron chi connectivity index (χ2n) is 6.48. The van der Waals surface area contributed by atoms with Crippen LogP contribution >= 0.6 is 0 Å². The van der Waals surface area contributed by atoms with E-state index in [4.69, 9.17) is 4.74 Å². The van der Waals surface area contributed by atoms with Crippen molar-refractivity contribution in [2.45, 2.75) is 25.9 Å². The number of hydrogen-bond donors (Lipinski definition) is 1. The molecule has 7 nitrogen and oxygen atoms in total. The molecule has 2 aliphatic rings. The lowest BCUT2D eigenvalue weighted by atomic mass is 10.2. The van der Waals surface area contributed by atoms with Crippen molar-refractivity contribution < 1.29 is 14.3 Å². The zero-order valence-corrected chi connectivity index (χ0v) is 14.7. The maximum atomic E-state index is 12.6. The van der Waals surface area contributed by atoms with Crippen molar-refractivity contribution in [1.29, 1.82) is 0 Å².